The first kappa shape index (κ1) is 19.1. The molecule has 154 valence electrons. The van der Waals surface area contributed by atoms with Crippen molar-refractivity contribution >= 4 is 16.9 Å². The third kappa shape index (κ3) is 3.05. The van der Waals surface area contributed by atoms with E-state index in [1.165, 1.54) is 6.07 Å². The number of carbonyl (C=O) groups is 1. The van der Waals surface area contributed by atoms with E-state index >= 15 is 0 Å². The molecule has 5 nitrogen and oxygen atoms in total. The third-order valence-electron chi connectivity index (χ3n) is 6.86. The lowest BCUT2D eigenvalue weighted by atomic mass is 9.66. The van der Waals surface area contributed by atoms with Gasteiger partial charge in [0, 0.05) is 24.6 Å². The fourth-order valence-electron chi connectivity index (χ4n) is 5.37. The fraction of sp³-hybridized carbons (Fsp3) is 0.360. The monoisotopic (exact) mass is 403 g/mol. The number of nitrogens with zero attached hydrogens (tertiary/aromatic N) is 1. The van der Waals surface area contributed by atoms with Gasteiger partial charge in [0.25, 0.3) is 5.91 Å². The van der Waals surface area contributed by atoms with Gasteiger partial charge in [0.15, 0.2) is 11.2 Å². The van der Waals surface area contributed by atoms with Crippen molar-refractivity contribution in [1.29, 1.82) is 0 Å². The van der Waals surface area contributed by atoms with Gasteiger partial charge in [0.05, 0.1) is 11.0 Å². The predicted octanol–water partition coefficient (Wildman–Crippen LogP) is 4.09. The highest BCUT2D eigenvalue weighted by atomic mass is 16.3. The highest BCUT2D eigenvalue weighted by Gasteiger charge is 2.50. The quantitative estimate of drug-likeness (QED) is 0.700. The van der Waals surface area contributed by atoms with Crippen LogP contribution in [0.25, 0.3) is 11.0 Å². The van der Waals surface area contributed by atoms with Crippen molar-refractivity contribution in [3.8, 4) is 0 Å². The number of fused-ring (bicyclic) bond motifs is 2. The zero-order valence-electron chi connectivity index (χ0n) is 16.8. The van der Waals surface area contributed by atoms with Crippen LogP contribution >= 0.6 is 0 Å². The van der Waals surface area contributed by atoms with Gasteiger partial charge in [-0.3, -0.25) is 9.59 Å². The molecular formula is C25H25NO4. The van der Waals surface area contributed by atoms with Gasteiger partial charge < -0.3 is 14.4 Å². The molecule has 2 aromatic carbocycles. The summed E-state index contributed by atoms with van der Waals surface area (Å²) in [5.41, 5.74) is 0.198. The molecule has 0 spiro atoms. The van der Waals surface area contributed by atoms with Crippen LogP contribution in [0.15, 0.2) is 69.9 Å². The predicted molar refractivity (Wildman–Crippen MR) is 114 cm³/mol. The Bertz CT molecular complexity index is 1140. The Balaban J connectivity index is 1.50. The molecule has 2 aliphatic rings. The number of para-hydroxylation sites is 1. The van der Waals surface area contributed by atoms with Crippen LogP contribution in [0.5, 0.6) is 0 Å². The van der Waals surface area contributed by atoms with E-state index in [2.05, 4.69) is 0 Å². The fourth-order valence-corrected chi connectivity index (χ4v) is 5.37. The SMILES string of the molecule is O=C(c1cc(=O)c2ccccc2o1)N1CCC(O)(c2ccccc2)[C@H]2CCCC[C@@H]21. The van der Waals surface area contributed by atoms with Gasteiger partial charge in [-0.1, -0.05) is 55.3 Å². The number of carbonyl (C=O) groups excluding carboxylic acids is 1. The largest absolute Gasteiger partial charge is 0.451 e. The molecular weight excluding hydrogens is 378 g/mol. The molecule has 1 unspecified atom stereocenters. The number of benzene rings is 2. The average Bonchev–Trinajstić information content (AvgIpc) is 2.80. The molecule has 1 saturated heterocycles. The van der Waals surface area contributed by atoms with Crippen molar-refractivity contribution in [3.63, 3.8) is 0 Å². The minimum atomic E-state index is -0.937. The molecule has 3 atom stereocenters. The Morgan fingerprint density at radius 2 is 1.77 bits per heavy atom. The minimum absolute atomic E-state index is 0.0291. The molecule has 5 rings (SSSR count). The molecule has 1 N–H and O–H groups in total. The van der Waals surface area contributed by atoms with Crippen molar-refractivity contribution in [3.05, 3.63) is 82.2 Å². The summed E-state index contributed by atoms with van der Waals surface area (Å²) < 4.78 is 5.82. The first-order valence-electron chi connectivity index (χ1n) is 10.7. The third-order valence-corrected chi connectivity index (χ3v) is 6.86. The van der Waals surface area contributed by atoms with Crippen LogP contribution < -0.4 is 5.43 Å². The van der Waals surface area contributed by atoms with Gasteiger partial charge in [-0.2, -0.15) is 0 Å². The summed E-state index contributed by atoms with van der Waals surface area (Å²) in [6.07, 6.45) is 4.27. The number of hydrogen-bond donors (Lipinski definition) is 1. The molecule has 2 fully saturated rings. The molecule has 1 saturated carbocycles. The first-order chi connectivity index (χ1) is 14.6. The molecule has 3 aromatic rings. The van der Waals surface area contributed by atoms with Crippen molar-refractivity contribution in [2.75, 3.05) is 6.54 Å². The molecule has 1 aromatic heterocycles. The second-order valence-corrected chi connectivity index (χ2v) is 8.47. The molecule has 2 heterocycles. The molecule has 1 aliphatic heterocycles. The van der Waals surface area contributed by atoms with Gasteiger partial charge in [0.2, 0.25) is 0 Å². The van der Waals surface area contributed by atoms with Crippen LogP contribution in [0.2, 0.25) is 0 Å². The van der Waals surface area contributed by atoms with Crippen molar-refractivity contribution in [2.24, 2.45) is 5.92 Å². The molecule has 0 radical (unpaired) electrons. The lowest BCUT2D eigenvalue weighted by Gasteiger charge is -2.52. The van der Waals surface area contributed by atoms with Crippen LogP contribution in [0, 0.1) is 5.92 Å². The van der Waals surface area contributed by atoms with Crippen LogP contribution in [0.3, 0.4) is 0 Å². The minimum Gasteiger partial charge on any atom is -0.451 e. The highest BCUT2D eigenvalue weighted by Crippen LogP contribution is 2.47. The Hall–Kier alpha value is -2.92. The first-order valence-corrected chi connectivity index (χ1v) is 10.7. The van der Waals surface area contributed by atoms with E-state index in [1.54, 1.807) is 24.3 Å². The standard InChI is InChI=1S/C25H25NO4/c27-21-16-23(30-22-13-7-4-10-18(21)22)24(28)26-15-14-25(29,17-8-2-1-3-9-17)19-11-5-6-12-20(19)26/h1-4,7-10,13,16,19-20,29H,5-6,11-12,14-15H2/t19-,20-,25?/m0/s1. The Morgan fingerprint density at radius 1 is 1.03 bits per heavy atom. The summed E-state index contributed by atoms with van der Waals surface area (Å²) in [5.74, 6) is -0.212. The zero-order valence-corrected chi connectivity index (χ0v) is 16.8. The molecule has 30 heavy (non-hydrogen) atoms. The van der Waals surface area contributed by atoms with E-state index in [9.17, 15) is 14.7 Å². The Labute approximate surface area is 174 Å². The van der Waals surface area contributed by atoms with Crippen molar-refractivity contribution in [1.82, 2.24) is 4.90 Å². The Morgan fingerprint density at radius 3 is 2.60 bits per heavy atom. The van der Waals surface area contributed by atoms with E-state index in [4.69, 9.17) is 4.42 Å². The van der Waals surface area contributed by atoms with Crippen molar-refractivity contribution < 1.29 is 14.3 Å². The number of likely N-dealkylation sites (tertiary alicyclic amines) is 1. The summed E-state index contributed by atoms with van der Waals surface area (Å²) in [7, 11) is 0. The maximum absolute atomic E-state index is 13.4. The van der Waals surface area contributed by atoms with Crippen molar-refractivity contribution in [2.45, 2.75) is 43.7 Å². The van der Waals surface area contributed by atoms with E-state index in [0.29, 0.717) is 23.9 Å². The van der Waals surface area contributed by atoms with Gasteiger partial charge in [-0.25, -0.2) is 0 Å². The van der Waals surface area contributed by atoms with Gasteiger partial charge in [0.1, 0.15) is 5.58 Å². The second kappa shape index (κ2) is 7.40. The normalized spacial score (nSPS) is 26.4. The van der Waals surface area contributed by atoms with E-state index in [0.717, 1.165) is 31.2 Å². The van der Waals surface area contributed by atoms with Gasteiger partial charge in [-0.05, 0) is 37.0 Å². The summed E-state index contributed by atoms with van der Waals surface area (Å²) in [4.78, 5) is 27.7. The van der Waals surface area contributed by atoms with Crippen LogP contribution in [0.4, 0.5) is 0 Å². The lowest BCUT2D eigenvalue weighted by molar-refractivity contribution is -0.110. The molecule has 1 aliphatic carbocycles. The molecule has 5 heteroatoms. The lowest BCUT2D eigenvalue weighted by Crippen LogP contribution is -2.59. The number of piperidine rings is 1. The van der Waals surface area contributed by atoms with Crippen LogP contribution in [-0.4, -0.2) is 28.5 Å². The smallest absolute Gasteiger partial charge is 0.289 e. The summed E-state index contributed by atoms with van der Waals surface area (Å²) >= 11 is 0. The van der Waals surface area contributed by atoms with E-state index < -0.39 is 5.60 Å². The van der Waals surface area contributed by atoms with Gasteiger partial charge >= 0.3 is 0 Å². The van der Waals surface area contributed by atoms with Crippen LogP contribution in [0.1, 0.15) is 48.2 Å². The van der Waals surface area contributed by atoms with E-state index in [-0.39, 0.29) is 29.1 Å². The van der Waals surface area contributed by atoms with Crippen LogP contribution in [-0.2, 0) is 5.60 Å². The molecule has 0 bridgehead atoms. The zero-order chi connectivity index (χ0) is 20.7. The number of aliphatic hydroxyl groups is 1. The number of hydrogen-bond acceptors (Lipinski definition) is 4. The highest BCUT2D eigenvalue weighted by molar-refractivity contribution is 5.93. The van der Waals surface area contributed by atoms with E-state index in [1.807, 2.05) is 35.2 Å². The molecule has 1 amide bonds. The second-order valence-electron chi connectivity index (χ2n) is 8.47. The Kier molecular flexibility index (Phi) is 4.70. The maximum atomic E-state index is 13.4. The maximum Gasteiger partial charge on any atom is 0.289 e. The summed E-state index contributed by atoms with van der Waals surface area (Å²) in [6.45, 7) is 0.432. The number of rotatable bonds is 2. The summed E-state index contributed by atoms with van der Waals surface area (Å²) in [6, 6.07) is 18.0. The topological polar surface area (TPSA) is 70.8 Å². The number of amides is 1. The summed E-state index contributed by atoms with van der Waals surface area (Å²) in [5, 5.41) is 12.2. The average molecular weight is 403 g/mol. The van der Waals surface area contributed by atoms with Gasteiger partial charge in [-0.15, -0.1) is 0 Å².